The number of rotatable bonds is 9. The third kappa shape index (κ3) is 6.89. The maximum atomic E-state index is 13.5. The largest absolute Gasteiger partial charge is 0.491 e. The molecule has 1 aliphatic rings. The Hall–Kier alpha value is -4.23. The third-order valence-corrected chi connectivity index (χ3v) is 9.21. The monoisotopic (exact) mass is 594 g/mol. The molecular weight excluding hydrogens is 556 g/mol. The van der Waals surface area contributed by atoms with Gasteiger partial charge >= 0.3 is 6.09 Å². The van der Waals surface area contributed by atoms with E-state index in [2.05, 4.69) is 72.8 Å². The highest BCUT2D eigenvalue weighted by Gasteiger charge is 2.45. The average Bonchev–Trinajstić information content (AvgIpc) is 3.42. The molecule has 0 spiro atoms. The number of benzene rings is 4. The summed E-state index contributed by atoms with van der Waals surface area (Å²) in [6.07, 6.45) is 0.300. The molecule has 0 saturated carbocycles. The summed E-state index contributed by atoms with van der Waals surface area (Å²) in [6.45, 7) is 6.29. The van der Waals surface area contributed by atoms with Gasteiger partial charge in [0.1, 0.15) is 18.0 Å². The molecule has 0 aliphatic carbocycles. The number of likely N-dealkylation sites (tertiary alicyclic amines) is 1. The van der Waals surface area contributed by atoms with E-state index in [9.17, 15) is 9.59 Å². The van der Waals surface area contributed by atoms with Gasteiger partial charge in [-0.05, 0) is 56.0 Å². The minimum absolute atomic E-state index is 0.0492. The van der Waals surface area contributed by atoms with Gasteiger partial charge in [-0.15, -0.1) is 11.8 Å². The Morgan fingerprint density at radius 1 is 0.791 bits per heavy atom. The fraction of sp³-hybridized carbons (Fsp3) is 0.278. The maximum Gasteiger partial charge on any atom is 0.410 e. The second-order valence-electron chi connectivity index (χ2n) is 11.7. The van der Waals surface area contributed by atoms with E-state index in [1.807, 2.05) is 50.7 Å². The molecule has 5 rings (SSSR count). The Bertz CT molecular complexity index is 1430. The van der Waals surface area contributed by atoms with Crippen LogP contribution in [0.1, 0.15) is 54.2 Å². The van der Waals surface area contributed by atoms with Gasteiger partial charge in [-0.3, -0.25) is 4.79 Å². The van der Waals surface area contributed by atoms with Gasteiger partial charge < -0.3 is 20.1 Å². The Labute approximate surface area is 258 Å². The topological polar surface area (TPSA) is 81.9 Å². The number of hydrogen-bond donors (Lipinski definition) is 1. The molecule has 4 aromatic rings. The van der Waals surface area contributed by atoms with Crippen molar-refractivity contribution in [3.8, 4) is 5.75 Å². The molecule has 1 aliphatic heterocycles. The molecule has 0 radical (unpaired) electrons. The van der Waals surface area contributed by atoms with Gasteiger partial charge in [0.2, 0.25) is 0 Å². The van der Waals surface area contributed by atoms with Crippen molar-refractivity contribution in [2.24, 2.45) is 5.73 Å². The maximum absolute atomic E-state index is 13.5. The first-order chi connectivity index (χ1) is 20.7. The normalized spacial score (nSPS) is 17.0. The molecule has 0 bridgehead atoms. The van der Waals surface area contributed by atoms with Crippen LogP contribution in [0.5, 0.6) is 5.75 Å². The lowest BCUT2D eigenvalue weighted by Crippen LogP contribution is -2.42. The van der Waals surface area contributed by atoms with Gasteiger partial charge in [-0.25, -0.2) is 4.79 Å². The van der Waals surface area contributed by atoms with E-state index in [4.69, 9.17) is 15.2 Å². The van der Waals surface area contributed by atoms with Crippen molar-refractivity contribution in [1.29, 1.82) is 0 Å². The minimum atomic E-state index is -0.645. The number of thioether (sulfide) groups is 1. The molecule has 222 valence electrons. The fourth-order valence-electron chi connectivity index (χ4n) is 5.62. The fourth-order valence-corrected chi connectivity index (χ4v) is 7.49. The van der Waals surface area contributed by atoms with Crippen molar-refractivity contribution < 1.29 is 19.1 Å². The van der Waals surface area contributed by atoms with Crippen LogP contribution in [0.4, 0.5) is 4.79 Å². The summed E-state index contributed by atoms with van der Waals surface area (Å²) < 4.78 is 11.5. The molecule has 43 heavy (non-hydrogen) atoms. The summed E-state index contributed by atoms with van der Waals surface area (Å²) in [5.74, 6) is -0.153. The predicted molar refractivity (Wildman–Crippen MR) is 172 cm³/mol. The number of nitrogens with zero attached hydrogens (tertiary/aromatic N) is 1. The van der Waals surface area contributed by atoms with Crippen LogP contribution >= 0.6 is 11.8 Å². The Morgan fingerprint density at radius 3 is 1.77 bits per heavy atom. The van der Waals surface area contributed by atoms with Gasteiger partial charge in [0.25, 0.3) is 5.91 Å². The van der Waals surface area contributed by atoms with E-state index in [1.54, 1.807) is 29.2 Å². The second-order valence-corrected chi connectivity index (χ2v) is 13.2. The Balaban J connectivity index is 1.52. The Morgan fingerprint density at radius 2 is 1.28 bits per heavy atom. The first-order valence-corrected chi connectivity index (χ1v) is 15.4. The molecule has 2 N–H and O–H groups in total. The lowest BCUT2D eigenvalue weighted by atomic mass is 9.84. The molecule has 2 atom stereocenters. The zero-order valence-electron chi connectivity index (χ0n) is 24.8. The number of hydrogen-bond acceptors (Lipinski definition) is 5. The van der Waals surface area contributed by atoms with Gasteiger partial charge in [0.15, 0.2) is 0 Å². The lowest BCUT2D eigenvalue weighted by molar-refractivity contribution is 0.0187. The highest BCUT2D eigenvalue weighted by atomic mass is 32.2. The van der Waals surface area contributed by atoms with E-state index in [0.717, 1.165) is 16.7 Å². The zero-order valence-corrected chi connectivity index (χ0v) is 25.6. The third-order valence-electron chi connectivity index (χ3n) is 7.47. The van der Waals surface area contributed by atoms with E-state index in [0.29, 0.717) is 24.3 Å². The first-order valence-electron chi connectivity index (χ1n) is 14.5. The number of amides is 2. The molecule has 7 heteroatoms. The summed E-state index contributed by atoms with van der Waals surface area (Å²) in [5.41, 5.74) is 8.75. The SMILES string of the molecule is CC(C)(C)OC(=O)N1C[C@@H](SC(c2ccccc2)(c2ccccc2)c2ccccc2)C[C@H]1COc1ccccc1C(N)=O. The number of carbonyl (C=O) groups excluding carboxylic acids is 2. The molecule has 1 saturated heterocycles. The Kier molecular flexibility index (Phi) is 9.11. The van der Waals surface area contributed by atoms with Crippen molar-refractivity contribution in [3.63, 3.8) is 0 Å². The zero-order chi connectivity index (χ0) is 30.5. The van der Waals surface area contributed by atoms with Crippen LogP contribution in [0.25, 0.3) is 0 Å². The molecule has 2 amide bonds. The summed E-state index contributed by atoms with van der Waals surface area (Å²) in [6, 6.07) is 38.2. The molecule has 0 aromatic heterocycles. The van der Waals surface area contributed by atoms with Crippen molar-refractivity contribution in [2.45, 2.75) is 48.8 Å². The number of ether oxygens (including phenoxy) is 2. The van der Waals surface area contributed by atoms with Crippen molar-refractivity contribution in [1.82, 2.24) is 4.90 Å². The smallest absolute Gasteiger partial charge is 0.410 e. The summed E-state index contributed by atoms with van der Waals surface area (Å²) in [5, 5.41) is 0.0492. The molecule has 0 unspecified atom stereocenters. The van der Waals surface area contributed by atoms with E-state index < -0.39 is 16.3 Å². The standard InChI is InChI=1S/C36H38N2O4S/c1-35(2,3)42-34(40)38-24-30(23-29(38)25-41-32-22-14-13-21-31(32)33(37)39)43-36(26-15-7-4-8-16-26,27-17-9-5-10-18-27)28-19-11-6-12-20-28/h4-22,29-30H,23-25H2,1-3H3,(H2,37,39)/t29-,30-/m0/s1. The van der Waals surface area contributed by atoms with E-state index in [1.165, 1.54) is 0 Å². The summed E-state index contributed by atoms with van der Waals surface area (Å²) >= 11 is 1.85. The quantitative estimate of drug-likeness (QED) is 0.206. The number of nitrogens with two attached hydrogens (primary N) is 1. The van der Waals surface area contributed by atoms with Crippen LogP contribution in [-0.2, 0) is 9.48 Å². The molecule has 4 aromatic carbocycles. The first kappa shape index (κ1) is 30.2. The highest BCUT2D eigenvalue weighted by Crippen LogP contribution is 2.52. The van der Waals surface area contributed by atoms with Crippen LogP contribution < -0.4 is 10.5 Å². The van der Waals surface area contributed by atoms with Crippen molar-refractivity contribution in [2.75, 3.05) is 13.2 Å². The van der Waals surface area contributed by atoms with Gasteiger partial charge in [-0.1, -0.05) is 103 Å². The van der Waals surface area contributed by atoms with Crippen LogP contribution in [0.3, 0.4) is 0 Å². The van der Waals surface area contributed by atoms with Crippen LogP contribution in [-0.4, -0.2) is 46.9 Å². The van der Waals surface area contributed by atoms with Gasteiger partial charge in [-0.2, -0.15) is 0 Å². The summed E-state index contributed by atoms with van der Waals surface area (Å²) in [7, 11) is 0. The van der Waals surface area contributed by atoms with Crippen LogP contribution in [0.2, 0.25) is 0 Å². The van der Waals surface area contributed by atoms with E-state index >= 15 is 0 Å². The summed E-state index contributed by atoms with van der Waals surface area (Å²) in [4.78, 5) is 27.3. The molecule has 6 nitrogen and oxygen atoms in total. The number of para-hydroxylation sites is 1. The molecular formula is C36H38N2O4S. The molecule has 1 fully saturated rings. The van der Waals surface area contributed by atoms with Crippen LogP contribution in [0, 0.1) is 0 Å². The van der Waals surface area contributed by atoms with Crippen LogP contribution in [0.15, 0.2) is 115 Å². The average molecular weight is 595 g/mol. The second kappa shape index (κ2) is 13.0. The van der Waals surface area contributed by atoms with Gasteiger partial charge in [0.05, 0.1) is 16.4 Å². The number of primary amides is 1. The lowest BCUT2D eigenvalue weighted by Gasteiger charge is -2.37. The predicted octanol–water partition coefficient (Wildman–Crippen LogP) is 7.27. The van der Waals surface area contributed by atoms with E-state index in [-0.39, 0.29) is 24.0 Å². The van der Waals surface area contributed by atoms with Gasteiger partial charge in [0, 0.05) is 11.8 Å². The minimum Gasteiger partial charge on any atom is -0.491 e. The number of carbonyl (C=O) groups is 2. The van der Waals surface area contributed by atoms with Crippen molar-refractivity contribution in [3.05, 3.63) is 138 Å². The van der Waals surface area contributed by atoms with Crippen molar-refractivity contribution >= 4 is 23.8 Å². The highest BCUT2D eigenvalue weighted by molar-refractivity contribution is 8.01. The molecule has 1 heterocycles.